The van der Waals surface area contributed by atoms with Crippen LogP contribution < -0.4 is 5.43 Å². The summed E-state index contributed by atoms with van der Waals surface area (Å²) < 4.78 is 1.64. The molecule has 5 nitrogen and oxygen atoms in total. The first kappa shape index (κ1) is 14.8. The predicted molar refractivity (Wildman–Crippen MR) is 83.8 cm³/mol. The molecule has 0 amide bonds. The topological polar surface area (TPSA) is 79.5 Å². The predicted octanol–water partition coefficient (Wildman–Crippen LogP) is 2.83. The van der Waals surface area contributed by atoms with E-state index in [1.54, 1.807) is 15.9 Å². The molecule has 1 aliphatic carbocycles. The minimum absolute atomic E-state index is 0.0363. The van der Waals surface area contributed by atoms with Crippen LogP contribution in [0.1, 0.15) is 40.9 Å². The van der Waals surface area contributed by atoms with E-state index in [4.69, 9.17) is 5.11 Å². The van der Waals surface area contributed by atoms with E-state index < -0.39 is 17.1 Å². The summed E-state index contributed by atoms with van der Waals surface area (Å²) in [6.07, 6.45) is 7.00. The van der Waals surface area contributed by atoms with Gasteiger partial charge in [-0.2, -0.15) is 0 Å². The number of thiophene rings is 1. The van der Waals surface area contributed by atoms with Crippen LogP contribution >= 0.6 is 11.3 Å². The first-order valence-electron chi connectivity index (χ1n) is 7.22. The molecule has 0 atom stereocenters. The fourth-order valence-corrected chi connectivity index (χ4v) is 4.30. The lowest BCUT2D eigenvalue weighted by Crippen LogP contribution is -2.29. The number of carboxylic acid groups (broad SMARTS) is 1. The van der Waals surface area contributed by atoms with E-state index in [2.05, 4.69) is 6.07 Å². The van der Waals surface area contributed by atoms with Crippen molar-refractivity contribution in [2.24, 2.45) is 0 Å². The number of rotatable bonds is 4. The quantitative estimate of drug-likeness (QED) is 0.908. The van der Waals surface area contributed by atoms with Crippen LogP contribution in [0, 0.1) is 0 Å². The molecular weight excluding hydrogens is 302 g/mol. The Labute approximate surface area is 131 Å². The van der Waals surface area contributed by atoms with Gasteiger partial charge in [-0.1, -0.05) is 18.9 Å². The molecule has 0 spiro atoms. The average molecular weight is 319 g/mol. The van der Waals surface area contributed by atoms with Crippen molar-refractivity contribution in [3.63, 3.8) is 0 Å². The lowest BCUT2D eigenvalue weighted by molar-refractivity contribution is 0.0693. The molecule has 1 fully saturated rings. The van der Waals surface area contributed by atoms with Crippen molar-refractivity contribution in [1.29, 1.82) is 0 Å². The van der Waals surface area contributed by atoms with Gasteiger partial charge in [-0.25, -0.2) is 4.79 Å². The van der Waals surface area contributed by atoms with Gasteiger partial charge in [0.05, 0.1) is 0 Å². The van der Waals surface area contributed by atoms with Gasteiger partial charge in [0.25, 0.3) is 0 Å². The van der Waals surface area contributed by atoms with Gasteiger partial charge in [-0.15, -0.1) is 11.3 Å². The van der Waals surface area contributed by atoms with E-state index in [0.717, 1.165) is 25.7 Å². The Balaban J connectivity index is 2.01. The largest absolute Gasteiger partial charge is 0.503 e. The van der Waals surface area contributed by atoms with E-state index in [1.807, 2.05) is 11.4 Å². The molecule has 22 heavy (non-hydrogen) atoms. The number of carbonyl (C=O) groups is 1. The number of carboxylic acids is 1. The Hall–Kier alpha value is -2.08. The first-order valence-corrected chi connectivity index (χ1v) is 8.10. The van der Waals surface area contributed by atoms with Crippen molar-refractivity contribution in [3.05, 3.63) is 50.6 Å². The summed E-state index contributed by atoms with van der Waals surface area (Å²) in [5.41, 5.74) is -1.26. The van der Waals surface area contributed by atoms with E-state index in [1.165, 1.54) is 17.3 Å². The Morgan fingerprint density at radius 3 is 2.64 bits per heavy atom. The van der Waals surface area contributed by atoms with Gasteiger partial charge in [0.15, 0.2) is 5.75 Å². The lowest BCUT2D eigenvalue weighted by atomic mass is 9.84. The van der Waals surface area contributed by atoms with Crippen molar-refractivity contribution in [3.8, 4) is 5.75 Å². The zero-order chi connectivity index (χ0) is 15.7. The van der Waals surface area contributed by atoms with E-state index in [0.29, 0.717) is 6.54 Å². The van der Waals surface area contributed by atoms with Crippen LogP contribution in [-0.4, -0.2) is 20.7 Å². The summed E-state index contributed by atoms with van der Waals surface area (Å²) in [6.45, 7) is 0.571. The summed E-state index contributed by atoms with van der Waals surface area (Å²) in [7, 11) is 0. The minimum Gasteiger partial charge on any atom is -0.503 e. The van der Waals surface area contributed by atoms with Gasteiger partial charge < -0.3 is 14.8 Å². The zero-order valence-electron chi connectivity index (χ0n) is 12.0. The van der Waals surface area contributed by atoms with Crippen LogP contribution in [0.5, 0.6) is 5.75 Å². The van der Waals surface area contributed by atoms with Crippen molar-refractivity contribution in [1.82, 2.24) is 4.57 Å². The first-order chi connectivity index (χ1) is 10.5. The number of pyridine rings is 1. The van der Waals surface area contributed by atoms with Gasteiger partial charge >= 0.3 is 5.97 Å². The Kier molecular flexibility index (Phi) is 3.78. The van der Waals surface area contributed by atoms with Crippen molar-refractivity contribution in [2.75, 3.05) is 0 Å². The molecule has 0 radical (unpaired) electrons. The van der Waals surface area contributed by atoms with Gasteiger partial charge in [0, 0.05) is 29.2 Å². The van der Waals surface area contributed by atoms with Crippen LogP contribution in [-0.2, 0) is 12.0 Å². The number of hydrogen-bond donors (Lipinski definition) is 2. The molecule has 0 saturated heterocycles. The highest BCUT2D eigenvalue weighted by Gasteiger charge is 2.37. The van der Waals surface area contributed by atoms with Gasteiger partial charge in [0.2, 0.25) is 5.43 Å². The molecule has 1 saturated carbocycles. The zero-order valence-corrected chi connectivity index (χ0v) is 12.8. The highest BCUT2D eigenvalue weighted by molar-refractivity contribution is 7.10. The smallest absolute Gasteiger partial charge is 0.341 e. The van der Waals surface area contributed by atoms with Crippen LogP contribution in [0.3, 0.4) is 0 Å². The van der Waals surface area contributed by atoms with Crippen LogP contribution in [0.15, 0.2) is 34.7 Å². The molecule has 116 valence electrons. The molecule has 0 aromatic carbocycles. The molecule has 3 rings (SSSR count). The summed E-state index contributed by atoms with van der Waals surface area (Å²) in [4.78, 5) is 24.1. The second kappa shape index (κ2) is 5.61. The normalized spacial score (nSPS) is 16.7. The molecular formula is C16H17NO4S. The molecule has 2 aromatic rings. The van der Waals surface area contributed by atoms with Gasteiger partial charge in [-0.05, 0) is 24.3 Å². The summed E-state index contributed by atoms with van der Waals surface area (Å²) in [6, 6.07) is 4.13. The Morgan fingerprint density at radius 1 is 1.32 bits per heavy atom. The Bertz CT molecular complexity index is 742. The highest BCUT2D eigenvalue weighted by atomic mass is 32.1. The molecule has 2 N–H and O–H groups in total. The van der Waals surface area contributed by atoms with Gasteiger partial charge in [-0.3, -0.25) is 4.79 Å². The fraction of sp³-hybridized carbons (Fsp3) is 0.375. The number of aromatic nitrogens is 1. The third-order valence-corrected chi connectivity index (χ3v) is 5.50. The van der Waals surface area contributed by atoms with Crippen LogP contribution in [0.2, 0.25) is 0 Å². The second-order valence-electron chi connectivity index (χ2n) is 5.83. The highest BCUT2D eigenvalue weighted by Crippen LogP contribution is 2.44. The van der Waals surface area contributed by atoms with Crippen molar-refractivity contribution < 1.29 is 15.0 Å². The monoisotopic (exact) mass is 319 g/mol. The van der Waals surface area contributed by atoms with E-state index in [9.17, 15) is 14.7 Å². The number of nitrogens with zero attached hydrogens (tertiary/aromatic N) is 1. The third-order valence-electron chi connectivity index (χ3n) is 4.38. The van der Waals surface area contributed by atoms with Crippen LogP contribution in [0.4, 0.5) is 0 Å². The molecule has 6 heteroatoms. The maximum absolute atomic E-state index is 11.7. The molecule has 0 aliphatic heterocycles. The molecule has 2 heterocycles. The molecule has 1 aliphatic rings. The SMILES string of the molecule is O=C(O)c1cn(CC2(c3cccs3)CCCC2)cc(O)c1=O. The summed E-state index contributed by atoms with van der Waals surface area (Å²) in [5, 5.41) is 20.9. The Morgan fingerprint density at radius 2 is 2.05 bits per heavy atom. The number of aromatic hydroxyl groups is 1. The van der Waals surface area contributed by atoms with E-state index >= 15 is 0 Å². The summed E-state index contributed by atoms with van der Waals surface area (Å²) in [5.74, 6) is -1.83. The van der Waals surface area contributed by atoms with E-state index in [-0.39, 0.29) is 11.0 Å². The lowest BCUT2D eigenvalue weighted by Gasteiger charge is -2.29. The number of aromatic carboxylic acids is 1. The molecule has 2 aromatic heterocycles. The number of hydrogen-bond acceptors (Lipinski definition) is 4. The second-order valence-corrected chi connectivity index (χ2v) is 6.78. The van der Waals surface area contributed by atoms with Crippen LogP contribution in [0.25, 0.3) is 0 Å². The molecule has 0 bridgehead atoms. The maximum atomic E-state index is 11.7. The molecule has 0 unspecified atom stereocenters. The maximum Gasteiger partial charge on any atom is 0.341 e. The van der Waals surface area contributed by atoms with Crippen molar-refractivity contribution >= 4 is 17.3 Å². The standard InChI is InChI=1S/C16H17NO4S/c18-12-9-17(8-11(14(12)19)15(20)21)10-16(5-1-2-6-16)13-4-3-7-22-13/h3-4,7-9,18H,1-2,5-6,10H2,(H,20,21). The minimum atomic E-state index is -1.31. The average Bonchev–Trinajstić information content (AvgIpc) is 3.14. The fourth-order valence-electron chi connectivity index (χ4n) is 3.32. The van der Waals surface area contributed by atoms with Gasteiger partial charge in [0.1, 0.15) is 5.56 Å². The summed E-state index contributed by atoms with van der Waals surface area (Å²) >= 11 is 1.70. The van der Waals surface area contributed by atoms with Crippen molar-refractivity contribution in [2.45, 2.75) is 37.6 Å². The third kappa shape index (κ3) is 2.54.